The Balaban J connectivity index is 1.19. The van der Waals surface area contributed by atoms with Gasteiger partial charge in [-0.15, -0.1) is 0 Å². The summed E-state index contributed by atoms with van der Waals surface area (Å²) in [5, 5.41) is 3.93. The Hall–Kier alpha value is -3.20. The molecule has 0 unspecified atom stereocenters. The Morgan fingerprint density at radius 2 is 1.89 bits per heavy atom. The molecular weight excluding hydrogens is 464 g/mol. The van der Waals surface area contributed by atoms with Gasteiger partial charge in [0.05, 0.1) is 22.7 Å². The Morgan fingerprint density at radius 1 is 1.11 bits per heavy atom. The Bertz CT molecular complexity index is 1370. The van der Waals surface area contributed by atoms with Crippen LogP contribution in [0.1, 0.15) is 30.5 Å². The normalized spacial score (nSPS) is 18.7. The number of aryl methyl sites for hydroxylation is 2. The standard InChI is InChI=1S/C26H30N4O4S/c1-17-22-10-9-21(35(2,32)33)15-23(22)29-26(28-17)30-13-11-19(12-14-30)25(31)27-16-20-8-7-18-5-3-4-6-24(18)34-20/h3-6,9-10,15,19-20H,7-8,11-14,16H2,1-2H3,(H,27,31)/t20-/m1/s1. The SMILES string of the molecule is Cc1nc(N2CCC(C(=O)NC[C@H]3CCc4ccccc4O3)CC2)nc2cc(S(C)(=O)=O)ccc12. The van der Waals surface area contributed by atoms with Crippen molar-refractivity contribution in [1.82, 2.24) is 15.3 Å². The molecule has 1 N–H and O–H groups in total. The number of para-hydroxylation sites is 1. The fourth-order valence-corrected chi connectivity index (χ4v) is 5.49. The highest BCUT2D eigenvalue weighted by Crippen LogP contribution is 2.28. The van der Waals surface area contributed by atoms with Crippen LogP contribution in [-0.4, -0.2) is 56.3 Å². The number of amides is 1. The van der Waals surface area contributed by atoms with Gasteiger partial charge in [-0.05, 0) is 62.4 Å². The van der Waals surface area contributed by atoms with Crippen molar-refractivity contribution in [3.8, 4) is 5.75 Å². The zero-order chi connectivity index (χ0) is 24.6. The van der Waals surface area contributed by atoms with E-state index in [0.29, 0.717) is 43.9 Å². The van der Waals surface area contributed by atoms with Crippen LogP contribution in [-0.2, 0) is 21.1 Å². The third-order valence-corrected chi connectivity index (χ3v) is 8.04. The van der Waals surface area contributed by atoms with E-state index in [1.165, 1.54) is 11.8 Å². The molecule has 2 aliphatic heterocycles. The van der Waals surface area contributed by atoms with Crippen molar-refractivity contribution in [3.63, 3.8) is 0 Å². The first-order valence-corrected chi connectivity index (χ1v) is 13.9. The molecule has 1 amide bonds. The van der Waals surface area contributed by atoms with Gasteiger partial charge in [0.1, 0.15) is 11.9 Å². The lowest BCUT2D eigenvalue weighted by molar-refractivity contribution is -0.126. The molecule has 0 aliphatic carbocycles. The molecule has 0 saturated carbocycles. The van der Waals surface area contributed by atoms with E-state index in [-0.39, 0.29) is 22.8 Å². The Morgan fingerprint density at radius 3 is 2.66 bits per heavy atom. The number of fused-ring (bicyclic) bond motifs is 2. The fraction of sp³-hybridized carbons (Fsp3) is 0.423. The summed E-state index contributed by atoms with van der Waals surface area (Å²) in [5.41, 5.74) is 2.64. The summed E-state index contributed by atoms with van der Waals surface area (Å²) in [6.07, 6.45) is 4.48. The summed E-state index contributed by atoms with van der Waals surface area (Å²) in [6, 6.07) is 13.0. The molecule has 3 heterocycles. The number of carbonyl (C=O) groups excluding carboxylic acids is 1. The fourth-order valence-electron chi connectivity index (χ4n) is 4.85. The maximum Gasteiger partial charge on any atom is 0.226 e. The summed E-state index contributed by atoms with van der Waals surface area (Å²) in [4.78, 5) is 24.4. The van der Waals surface area contributed by atoms with Gasteiger partial charge in [-0.3, -0.25) is 4.79 Å². The van der Waals surface area contributed by atoms with E-state index in [4.69, 9.17) is 4.74 Å². The Labute approximate surface area is 205 Å². The van der Waals surface area contributed by atoms with Crippen LogP contribution in [0, 0.1) is 12.8 Å². The van der Waals surface area contributed by atoms with E-state index >= 15 is 0 Å². The van der Waals surface area contributed by atoms with Crippen LogP contribution in [0.25, 0.3) is 10.9 Å². The average molecular weight is 495 g/mol. The second-order valence-corrected chi connectivity index (χ2v) is 11.5. The predicted octanol–water partition coefficient (Wildman–Crippen LogP) is 3.07. The minimum atomic E-state index is -3.32. The van der Waals surface area contributed by atoms with E-state index in [0.717, 1.165) is 29.7 Å². The maximum atomic E-state index is 12.8. The highest BCUT2D eigenvalue weighted by atomic mass is 32.2. The summed E-state index contributed by atoms with van der Waals surface area (Å²) in [7, 11) is -3.32. The molecule has 1 fully saturated rings. The molecule has 0 bridgehead atoms. The molecule has 1 atom stereocenters. The van der Waals surface area contributed by atoms with Crippen molar-refractivity contribution < 1.29 is 17.9 Å². The van der Waals surface area contributed by atoms with Crippen LogP contribution in [0.4, 0.5) is 5.95 Å². The first-order chi connectivity index (χ1) is 16.8. The molecule has 35 heavy (non-hydrogen) atoms. The van der Waals surface area contributed by atoms with Gasteiger partial charge >= 0.3 is 0 Å². The second-order valence-electron chi connectivity index (χ2n) is 9.45. The molecule has 8 nitrogen and oxygen atoms in total. The second kappa shape index (κ2) is 9.45. The number of nitrogens with one attached hydrogen (secondary N) is 1. The minimum absolute atomic E-state index is 0.000241. The predicted molar refractivity (Wildman–Crippen MR) is 135 cm³/mol. The molecule has 5 rings (SSSR count). The quantitative estimate of drug-likeness (QED) is 0.582. The van der Waals surface area contributed by atoms with Crippen molar-refractivity contribution in [3.05, 3.63) is 53.7 Å². The Kier molecular flexibility index (Phi) is 6.35. The molecule has 2 aliphatic rings. The van der Waals surface area contributed by atoms with Gasteiger partial charge in [-0.25, -0.2) is 18.4 Å². The monoisotopic (exact) mass is 494 g/mol. The van der Waals surface area contributed by atoms with Crippen LogP contribution in [0.5, 0.6) is 5.75 Å². The maximum absolute atomic E-state index is 12.8. The van der Waals surface area contributed by atoms with E-state index in [1.54, 1.807) is 18.2 Å². The van der Waals surface area contributed by atoms with Gasteiger partial charge in [0.2, 0.25) is 11.9 Å². The molecule has 1 saturated heterocycles. The first-order valence-electron chi connectivity index (χ1n) is 12.0. The van der Waals surface area contributed by atoms with E-state index in [2.05, 4.69) is 26.3 Å². The third kappa shape index (κ3) is 5.10. The zero-order valence-electron chi connectivity index (χ0n) is 20.0. The number of hydrogen-bond acceptors (Lipinski definition) is 7. The van der Waals surface area contributed by atoms with Gasteiger partial charge < -0.3 is 15.0 Å². The van der Waals surface area contributed by atoms with Crippen molar-refractivity contribution in [2.75, 3.05) is 30.8 Å². The molecule has 9 heteroatoms. The molecular formula is C26H30N4O4S. The summed E-state index contributed by atoms with van der Waals surface area (Å²) < 4.78 is 30.0. The number of rotatable bonds is 5. The van der Waals surface area contributed by atoms with Crippen LogP contribution in [0.15, 0.2) is 47.4 Å². The van der Waals surface area contributed by atoms with Gasteiger partial charge in [0, 0.05) is 30.6 Å². The largest absolute Gasteiger partial charge is 0.488 e. The van der Waals surface area contributed by atoms with Crippen molar-refractivity contribution in [2.24, 2.45) is 5.92 Å². The summed E-state index contributed by atoms with van der Waals surface area (Å²) in [5.74, 6) is 1.51. The number of hydrogen-bond donors (Lipinski definition) is 1. The van der Waals surface area contributed by atoms with Gasteiger partial charge in [0.25, 0.3) is 0 Å². The third-order valence-electron chi connectivity index (χ3n) is 6.93. The number of carbonyl (C=O) groups is 1. The van der Waals surface area contributed by atoms with E-state index in [9.17, 15) is 13.2 Å². The molecule has 1 aromatic heterocycles. The number of anilines is 1. The molecule has 3 aromatic rings. The average Bonchev–Trinajstić information content (AvgIpc) is 2.86. The number of ether oxygens (including phenoxy) is 1. The molecule has 2 aromatic carbocycles. The summed E-state index contributed by atoms with van der Waals surface area (Å²) in [6.45, 7) is 3.76. The van der Waals surface area contributed by atoms with Crippen molar-refractivity contribution in [2.45, 2.75) is 43.6 Å². The van der Waals surface area contributed by atoms with Crippen molar-refractivity contribution in [1.29, 1.82) is 0 Å². The van der Waals surface area contributed by atoms with Crippen LogP contribution >= 0.6 is 0 Å². The number of nitrogens with zero attached hydrogens (tertiary/aromatic N) is 3. The lowest BCUT2D eigenvalue weighted by Crippen LogP contribution is -2.44. The van der Waals surface area contributed by atoms with Gasteiger partial charge in [-0.1, -0.05) is 18.2 Å². The number of sulfone groups is 1. The lowest BCUT2D eigenvalue weighted by Gasteiger charge is -2.32. The molecule has 184 valence electrons. The van der Waals surface area contributed by atoms with Crippen LogP contribution in [0.2, 0.25) is 0 Å². The summed E-state index contributed by atoms with van der Waals surface area (Å²) >= 11 is 0. The first kappa shape index (κ1) is 23.5. The number of aromatic nitrogens is 2. The smallest absolute Gasteiger partial charge is 0.226 e. The van der Waals surface area contributed by atoms with E-state index in [1.807, 2.05) is 25.1 Å². The van der Waals surface area contributed by atoms with Crippen LogP contribution in [0.3, 0.4) is 0 Å². The van der Waals surface area contributed by atoms with Gasteiger partial charge in [-0.2, -0.15) is 0 Å². The topological polar surface area (TPSA) is 101 Å². The molecule has 0 radical (unpaired) electrons. The number of benzene rings is 2. The van der Waals surface area contributed by atoms with Crippen LogP contribution < -0.4 is 15.0 Å². The number of piperidine rings is 1. The zero-order valence-corrected chi connectivity index (χ0v) is 20.8. The highest BCUT2D eigenvalue weighted by Gasteiger charge is 2.28. The lowest BCUT2D eigenvalue weighted by atomic mass is 9.95. The van der Waals surface area contributed by atoms with E-state index < -0.39 is 9.84 Å². The minimum Gasteiger partial charge on any atom is -0.488 e. The van der Waals surface area contributed by atoms with Crippen molar-refractivity contribution >= 4 is 32.6 Å². The molecule has 0 spiro atoms. The van der Waals surface area contributed by atoms with Gasteiger partial charge in [0.15, 0.2) is 9.84 Å². The highest BCUT2D eigenvalue weighted by molar-refractivity contribution is 7.90.